The van der Waals surface area contributed by atoms with Crippen LogP contribution in [-0.4, -0.2) is 42.5 Å². The highest BCUT2D eigenvalue weighted by Crippen LogP contribution is 2.33. The Morgan fingerprint density at radius 2 is 2.09 bits per heavy atom. The highest BCUT2D eigenvalue weighted by atomic mass is 19.1. The van der Waals surface area contributed by atoms with E-state index in [0.717, 1.165) is 5.56 Å². The van der Waals surface area contributed by atoms with Crippen molar-refractivity contribution in [1.82, 2.24) is 15.5 Å². The molecule has 1 heterocycles. The van der Waals surface area contributed by atoms with Gasteiger partial charge < -0.3 is 15.5 Å². The Labute approximate surface area is 136 Å². The van der Waals surface area contributed by atoms with Crippen LogP contribution in [0.5, 0.6) is 0 Å². The summed E-state index contributed by atoms with van der Waals surface area (Å²) in [6.45, 7) is 6.91. The van der Waals surface area contributed by atoms with E-state index in [1.165, 1.54) is 12.1 Å². The summed E-state index contributed by atoms with van der Waals surface area (Å²) >= 11 is 0. The van der Waals surface area contributed by atoms with Gasteiger partial charge in [-0.3, -0.25) is 4.79 Å². The number of carbonyl (C=O) groups excluding carboxylic acids is 2. The first kappa shape index (κ1) is 17.2. The molecular formula is C17H24FN3O2. The minimum Gasteiger partial charge on any atom is -0.354 e. The van der Waals surface area contributed by atoms with Gasteiger partial charge in [-0.15, -0.1) is 0 Å². The number of hydrogen-bond acceptors (Lipinski definition) is 2. The number of carbonyl (C=O) groups is 2. The number of nitrogens with one attached hydrogen (secondary N) is 2. The van der Waals surface area contributed by atoms with Gasteiger partial charge in [-0.25, -0.2) is 9.18 Å². The van der Waals surface area contributed by atoms with E-state index in [4.69, 9.17) is 0 Å². The van der Waals surface area contributed by atoms with Gasteiger partial charge in [-0.05, 0) is 38.5 Å². The van der Waals surface area contributed by atoms with E-state index in [2.05, 4.69) is 10.6 Å². The molecule has 0 radical (unpaired) electrons. The maximum atomic E-state index is 13.5. The van der Waals surface area contributed by atoms with E-state index in [9.17, 15) is 14.0 Å². The van der Waals surface area contributed by atoms with E-state index in [0.29, 0.717) is 19.6 Å². The maximum Gasteiger partial charge on any atom is 0.317 e. The van der Waals surface area contributed by atoms with Crippen molar-refractivity contribution in [3.05, 3.63) is 35.6 Å². The summed E-state index contributed by atoms with van der Waals surface area (Å²) in [7, 11) is 0. The van der Waals surface area contributed by atoms with Crippen molar-refractivity contribution in [2.24, 2.45) is 5.92 Å². The zero-order valence-corrected chi connectivity index (χ0v) is 13.8. The zero-order chi connectivity index (χ0) is 17.0. The molecule has 23 heavy (non-hydrogen) atoms. The van der Waals surface area contributed by atoms with Crippen LogP contribution in [0.3, 0.4) is 0 Å². The molecule has 1 fully saturated rings. The van der Waals surface area contributed by atoms with Crippen LogP contribution < -0.4 is 10.6 Å². The number of benzene rings is 1. The topological polar surface area (TPSA) is 61.4 Å². The molecule has 0 saturated carbocycles. The summed E-state index contributed by atoms with van der Waals surface area (Å²) in [5.74, 6) is -1.00. The highest BCUT2D eigenvalue weighted by Gasteiger charge is 2.40. The predicted molar refractivity (Wildman–Crippen MR) is 86.6 cm³/mol. The quantitative estimate of drug-likeness (QED) is 0.892. The van der Waals surface area contributed by atoms with Gasteiger partial charge in [0.05, 0.1) is 5.92 Å². The van der Waals surface area contributed by atoms with Crippen LogP contribution in [0.15, 0.2) is 24.3 Å². The van der Waals surface area contributed by atoms with Crippen molar-refractivity contribution in [2.75, 3.05) is 19.6 Å². The monoisotopic (exact) mass is 321 g/mol. The molecule has 2 atom stereocenters. The summed E-state index contributed by atoms with van der Waals surface area (Å²) in [4.78, 5) is 26.2. The molecular weight excluding hydrogens is 297 g/mol. The van der Waals surface area contributed by atoms with Crippen LogP contribution in [0.25, 0.3) is 0 Å². The Morgan fingerprint density at radius 3 is 2.70 bits per heavy atom. The van der Waals surface area contributed by atoms with Gasteiger partial charge in [0.25, 0.3) is 0 Å². The summed E-state index contributed by atoms with van der Waals surface area (Å²) in [6, 6.07) is 6.11. The molecule has 1 aromatic rings. The number of nitrogens with zero attached hydrogens (tertiary/aromatic N) is 1. The Morgan fingerprint density at radius 1 is 1.35 bits per heavy atom. The maximum absolute atomic E-state index is 13.5. The van der Waals surface area contributed by atoms with Crippen molar-refractivity contribution in [1.29, 1.82) is 0 Å². The van der Waals surface area contributed by atoms with E-state index in [1.807, 2.05) is 26.8 Å². The predicted octanol–water partition coefficient (Wildman–Crippen LogP) is 2.10. The molecule has 0 aliphatic carbocycles. The second kappa shape index (κ2) is 7.44. The van der Waals surface area contributed by atoms with Crippen LogP contribution in [0.1, 0.15) is 32.3 Å². The van der Waals surface area contributed by atoms with Crippen molar-refractivity contribution in [3.8, 4) is 0 Å². The lowest BCUT2D eigenvalue weighted by Gasteiger charge is -2.19. The second-order valence-corrected chi connectivity index (χ2v) is 6.17. The Bertz CT molecular complexity index is 577. The third kappa shape index (κ3) is 4.21. The standard InChI is InChI=1S/C17H24FN3O2/c1-4-19-17(23)21-9-14(12-6-5-7-13(18)8-12)15(10-21)16(22)20-11(2)3/h5-8,11,14-15H,4,9-10H2,1-3H3,(H,19,23)(H,20,22)/t14-,15+/m1/s1. The van der Waals surface area contributed by atoms with Gasteiger partial charge >= 0.3 is 6.03 Å². The van der Waals surface area contributed by atoms with Crippen LogP contribution in [-0.2, 0) is 4.79 Å². The largest absolute Gasteiger partial charge is 0.354 e. The second-order valence-electron chi connectivity index (χ2n) is 6.17. The number of rotatable bonds is 4. The van der Waals surface area contributed by atoms with Gasteiger partial charge in [-0.2, -0.15) is 0 Å². The molecule has 3 amide bonds. The number of amides is 3. The Balaban J connectivity index is 2.24. The number of urea groups is 1. The van der Waals surface area contributed by atoms with Crippen LogP contribution in [0.2, 0.25) is 0 Å². The van der Waals surface area contributed by atoms with E-state index in [-0.39, 0.29) is 35.6 Å². The fourth-order valence-electron chi connectivity index (χ4n) is 2.96. The molecule has 2 N–H and O–H groups in total. The van der Waals surface area contributed by atoms with Crippen molar-refractivity contribution in [2.45, 2.75) is 32.7 Å². The molecule has 0 bridgehead atoms. The lowest BCUT2D eigenvalue weighted by atomic mass is 9.88. The fourth-order valence-corrected chi connectivity index (χ4v) is 2.96. The van der Waals surface area contributed by atoms with Crippen LogP contribution in [0, 0.1) is 11.7 Å². The first-order valence-corrected chi connectivity index (χ1v) is 8.01. The van der Waals surface area contributed by atoms with E-state index in [1.54, 1.807) is 11.0 Å². The van der Waals surface area contributed by atoms with E-state index >= 15 is 0 Å². The molecule has 6 heteroatoms. The third-order valence-electron chi connectivity index (χ3n) is 3.98. The summed E-state index contributed by atoms with van der Waals surface area (Å²) in [5, 5.41) is 5.65. The molecule has 2 rings (SSSR count). The molecule has 0 spiro atoms. The highest BCUT2D eigenvalue weighted by molar-refractivity contribution is 5.83. The Hall–Kier alpha value is -2.11. The van der Waals surface area contributed by atoms with Gasteiger partial charge in [0.15, 0.2) is 0 Å². The number of likely N-dealkylation sites (tertiary alicyclic amines) is 1. The average molecular weight is 321 g/mol. The summed E-state index contributed by atoms with van der Waals surface area (Å²) < 4.78 is 13.5. The molecule has 0 unspecified atom stereocenters. The average Bonchev–Trinajstić information content (AvgIpc) is 2.92. The minimum atomic E-state index is -0.373. The van der Waals surface area contributed by atoms with Crippen LogP contribution in [0.4, 0.5) is 9.18 Å². The molecule has 1 aliphatic rings. The van der Waals surface area contributed by atoms with Gasteiger partial charge in [0.2, 0.25) is 5.91 Å². The molecule has 1 aromatic carbocycles. The third-order valence-corrected chi connectivity index (χ3v) is 3.98. The lowest BCUT2D eigenvalue weighted by Crippen LogP contribution is -2.41. The fraction of sp³-hybridized carbons (Fsp3) is 0.529. The lowest BCUT2D eigenvalue weighted by molar-refractivity contribution is -0.125. The molecule has 0 aromatic heterocycles. The smallest absolute Gasteiger partial charge is 0.317 e. The van der Waals surface area contributed by atoms with E-state index < -0.39 is 0 Å². The van der Waals surface area contributed by atoms with Crippen molar-refractivity contribution in [3.63, 3.8) is 0 Å². The molecule has 126 valence electrons. The first-order chi connectivity index (χ1) is 10.9. The SMILES string of the molecule is CCNC(=O)N1C[C@H](C(=O)NC(C)C)[C@@H](c2cccc(F)c2)C1. The minimum absolute atomic E-state index is 0.0224. The Kier molecular flexibility index (Phi) is 5.58. The first-order valence-electron chi connectivity index (χ1n) is 8.01. The molecule has 1 aliphatic heterocycles. The normalized spacial score (nSPS) is 20.7. The zero-order valence-electron chi connectivity index (χ0n) is 13.8. The summed E-state index contributed by atoms with van der Waals surface area (Å²) in [6.07, 6.45) is 0. The van der Waals surface area contributed by atoms with Gasteiger partial charge in [0.1, 0.15) is 5.82 Å². The number of halogens is 1. The van der Waals surface area contributed by atoms with Crippen LogP contribution >= 0.6 is 0 Å². The van der Waals surface area contributed by atoms with Gasteiger partial charge in [-0.1, -0.05) is 12.1 Å². The summed E-state index contributed by atoms with van der Waals surface area (Å²) in [5.41, 5.74) is 0.751. The van der Waals surface area contributed by atoms with Crippen molar-refractivity contribution < 1.29 is 14.0 Å². The molecule has 1 saturated heterocycles. The van der Waals surface area contributed by atoms with Gasteiger partial charge in [0, 0.05) is 31.6 Å². The molecule has 5 nitrogen and oxygen atoms in total. The van der Waals surface area contributed by atoms with Crippen molar-refractivity contribution >= 4 is 11.9 Å². The number of hydrogen-bond donors (Lipinski definition) is 2.